The smallest absolute Gasteiger partial charge is 0.317 e. The lowest BCUT2D eigenvalue weighted by atomic mass is 9.85. The number of rotatable bonds is 5. The Morgan fingerprint density at radius 1 is 1.05 bits per heavy atom. The van der Waals surface area contributed by atoms with E-state index in [1.165, 1.54) is 25.7 Å². The number of piperidine rings is 1. The third-order valence-electron chi connectivity index (χ3n) is 5.08. The first-order valence-electron chi connectivity index (χ1n) is 8.06. The molecule has 2 atom stereocenters. The molecule has 2 saturated carbocycles. The quantitative estimate of drug-likeness (QED) is 0.749. The Hall–Kier alpha value is -1.26. The Bertz CT molecular complexity index is 381. The van der Waals surface area contributed by atoms with Gasteiger partial charge in [0.1, 0.15) is 0 Å². The molecule has 3 aliphatic rings. The monoisotopic (exact) mass is 279 g/mol. The van der Waals surface area contributed by atoms with Crippen LogP contribution < -0.4 is 10.6 Å². The zero-order valence-electron chi connectivity index (χ0n) is 12.1. The number of fused-ring (bicyclic) bond motifs is 2. The van der Waals surface area contributed by atoms with Gasteiger partial charge in [0.25, 0.3) is 0 Å². The molecular formula is C15H25N3O2. The molecule has 20 heavy (non-hydrogen) atoms. The molecule has 2 aliphatic carbocycles. The molecule has 5 nitrogen and oxygen atoms in total. The highest BCUT2D eigenvalue weighted by Crippen LogP contribution is 2.37. The van der Waals surface area contributed by atoms with Crippen LogP contribution in [-0.2, 0) is 4.79 Å². The third kappa shape index (κ3) is 2.91. The second kappa shape index (κ2) is 6.02. The summed E-state index contributed by atoms with van der Waals surface area (Å²) in [5.41, 5.74) is 0. The molecule has 3 fully saturated rings. The highest BCUT2D eigenvalue weighted by molar-refractivity contribution is 5.79. The van der Waals surface area contributed by atoms with E-state index in [-0.39, 0.29) is 17.9 Å². The predicted molar refractivity (Wildman–Crippen MR) is 76.2 cm³/mol. The molecule has 3 rings (SSSR count). The molecule has 2 bridgehead atoms. The second-order valence-corrected chi connectivity index (χ2v) is 6.49. The molecule has 112 valence electrons. The van der Waals surface area contributed by atoms with Crippen LogP contribution >= 0.6 is 0 Å². The minimum absolute atomic E-state index is 0.0857. The maximum Gasteiger partial charge on any atom is 0.317 e. The van der Waals surface area contributed by atoms with E-state index in [4.69, 9.17) is 0 Å². The van der Waals surface area contributed by atoms with Crippen molar-refractivity contribution < 1.29 is 9.59 Å². The summed E-state index contributed by atoms with van der Waals surface area (Å²) in [7, 11) is 0. The number of likely N-dealkylation sites (tertiary alicyclic amines) is 1. The van der Waals surface area contributed by atoms with Crippen LogP contribution in [0.5, 0.6) is 0 Å². The van der Waals surface area contributed by atoms with Gasteiger partial charge < -0.3 is 15.5 Å². The fourth-order valence-electron chi connectivity index (χ4n) is 3.59. The largest absolute Gasteiger partial charge is 0.356 e. The van der Waals surface area contributed by atoms with Crippen LogP contribution in [0.1, 0.15) is 44.9 Å². The van der Waals surface area contributed by atoms with Crippen molar-refractivity contribution in [2.75, 3.05) is 19.6 Å². The van der Waals surface area contributed by atoms with E-state index in [0.717, 1.165) is 31.7 Å². The van der Waals surface area contributed by atoms with E-state index < -0.39 is 0 Å². The number of urea groups is 1. The van der Waals surface area contributed by atoms with Crippen LogP contribution in [0, 0.1) is 11.8 Å². The summed E-state index contributed by atoms with van der Waals surface area (Å²) in [6, 6.07) is 0.570. The summed E-state index contributed by atoms with van der Waals surface area (Å²) in [6.07, 6.45) is 7.75. The van der Waals surface area contributed by atoms with Gasteiger partial charge in [0.15, 0.2) is 0 Å². The van der Waals surface area contributed by atoms with Gasteiger partial charge >= 0.3 is 6.03 Å². The van der Waals surface area contributed by atoms with Gasteiger partial charge in [0.2, 0.25) is 5.91 Å². The van der Waals surface area contributed by atoms with E-state index in [1.54, 1.807) is 0 Å². The summed E-state index contributed by atoms with van der Waals surface area (Å²) in [5, 5.41) is 5.93. The molecular weight excluding hydrogens is 254 g/mol. The van der Waals surface area contributed by atoms with Crippen molar-refractivity contribution >= 4 is 11.9 Å². The van der Waals surface area contributed by atoms with Crippen molar-refractivity contribution in [1.82, 2.24) is 15.5 Å². The van der Waals surface area contributed by atoms with E-state index in [2.05, 4.69) is 10.6 Å². The fourth-order valence-corrected chi connectivity index (χ4v) is 3.59. The van der Waals surface area contributed by atoms with Gasteiger partial charge in [-0.1, -0.05) is 6.42 Å². The van der Waals surface area contributed by atoms with E-state index in [1.807, 2.05) is 4.90 Å². The van der Waals surface area contributed by atoms with Gasteiger partial charge in [-0.05, 0) is 44.4 Å². The molecule has 1 heterocycles. The number of nitrogens with zero attached hydrogens (tertiary/aromatic N) is 1. The topological polar surface area (TPSA) is 61.4 Å². The average Bonchev–Trinajstić information content (AvgIpc) is 2.98. The SMILES string of the molecule is O=C(NCCCNC(=O)N1CC2CCC1C2)C1CCC1. The molecule has 0 radical (unpaired) electrons. The second-order valence-electron chi connectivity index (χ2n) is 6.49. The zero-order valence-corrected chi connectivity index (χ0v) is 12.1. The van der Waals surface area contributed by atoms with Crippen LogP contribution in [-0.4, -0.2) is 42.5 Å². The molecule has 2 N–H and O–H groups in total. The van der Waals surface area contributed by atoms with Gasteiger partial charge in [-0.3, -0.25) is 4.79 Å². The predicted octanol–water partition coefficient (Wildman–Crippen LogP) is 1.49. The van der Waals surface area contributed by atoms with Crippen molar-refractivity contribution in [3.8, 4) is 0 Å². The van der Waals surface area contributed by atoms with Gasteiger partial charge in [-0.2, -0.15) is 0 Å². The summed E-state index contributed by atoms with van der Waals surface area (Å²) < 4.78 is 0. The van der Waals surface area contributed by atoms with Crippen molar-refractivity contribution in [1.29, 1.82) is 0 Å². The van der Waals surface area contributed by atoms with Gasteiger partial charge in [-0.25, -0.2) is 4.79 Å². The first-order chi connectivity index (χ1) is 9.74. The number of carbonyl (C=O) groups excluding carboxylic acids is 2. The Kier molecular flexibility index (Phi) is 4.13. The van der Waals surface area contributed by atoms with Crippen molar-refractivity contribution in [2.45, 2.75) is 51.0 Å². The molecule has 0 aromatic rings. The van der Waals surface area contributed by atoms with Crippen LogP contribution in [0.4, 0.5) is 4.79 Å². The summed E-state index contributed by atoms with van der Waals surface area (Å²) in [6.45, 7) is 2.26. The van der Waals surface area contributed by atoms with Crippen molar-refractivity contribution in [3.05, 3.63) is 0 Å². The van der Waals surface area contributed by atoms with Crippen LogP contribution in [0.25, 0.3) is 0 Å². The molecule has 0 aromatic heterocycles. The van der Waals surface area contributed by atoms with Crippen molar-refractivity contribution in [3.63, 3.8) is 0 Å². The molecule has 0 aromatic carbocycles. The normalized spacial score (nSPS) is 28.3. The summed E-state index contributed by atoms with van der Waals surface area (Å²) in [4.78, 5) is 25.6. The van der Waals surface area contributed by atoms with Crippen LogP contribution in [0.2, 0.25) is 0 Å². The standard InChI is InChI=1S/C15H25N3O2/c19-14(12-3-1-4-12)16-7-2-8-17-15(20)18-10-11-5-6-13(18)9-11/h11-13H,1-10H2,(H,16,19)(H,17,20). The van der Waals surface area contributed by atoms with Gasteiger partial charge in [0, 0.05) is 31.6 Å². The molecule has 2 unspecified atom stereocenters. The van der Waals surface area contributed by atoms with E-state index >= 15 is 0 Å². The minimum atomic E-state index is 0.0857. The summed E-state index contributed by atoms with van der Waals surface area (Å²) in [5.74, 6) is 1.19. The summed E-state index contributed by atoms with van der Waals surface area (Å²) >= 11 is 0. The first kappa shape index (κ1) is 13.7. The third-order valence-corrected chi connectivity index (χ3v) is 5.08. The number of carbonyl (C=O) groups is 2. The van der Waals surface area contributed by atoms with E-state index in [9.17, 15) is 9.59 Å². The average molecular weight is 279 g/mol. The van der Waals surface area contributed by atoms with Crippen LogP contribution in [0.15, 0.2) is 0 Å². The number of hydrogen-bond donors (Lipinski definition) is 2. The minimum Gasteiger partial charge on any atom is -0.356 e. The van der Waals surface area contributed by atoms with Crippen molar-refractivity contribution in [2.24, 2.45) is 11.8 Å². The lowest BCUT2D eigenvalue weighted by Crippen LogP contribution is -2.45. The highest BCUT2D eigenvalue weighted by atomic mass is 16.2. The molecule has 1 aliphatic heterocycles. The lowest BCUT2D eigenvalue weighted by molar-refractivity contribution is -0.127. The fraction of sp³-hybridized carbons (Fsp3) is 0.867. The van der Waals surface area contributed by atoms with E-state index in [0.29, 0.717) is 19.1 Å². The van der Waals surface area contributed by atoms with Gasteiger partial charge in [0.05, 0.1) is 0 Å². The van der Waals surface area contributed by atoms with Gasteiger partial charge in [-0.15, -0.1) is 0 Å². The Labute approximate surface area is 120 Å². The molecule has 1 saturated heterocycles. The number of amides is 3. The maximum atomic E-state index is 12.0. The molecule has 0 spiro atoms. The number of nitrogens with one attached hydrogen (secondary N) is 2. The lowest BCUT2D eigenvalue weighted by Gasteiger charge is -2.27. The maximum absolute atomic E-state index is 12.0. The Morgan fingerprint density at radius 3 is 2.45 bits per heavy atom. The van der Waals surface area contributed by atoms with Crippen LogP contribution in [0.3, 0.4) is 0 Å². The Morgan fingerprint density at radius 2 is 1.85 bits per heavy atom. The number of hydrogen-bond acceptors (Lipinski definition) is 2. The highest BCUT2D eigenvalue weighted by Gasteiger charge is 2.40. The molecule has 5 heteroatoms. The molecule has 3 amide bonds. The zero-order chi connectivity index (χ0) is 13.9. The first-order valence-corrected chi connectivity index (χ1v) is 8.06. The Balaban J connectivity index is 1.26.